The molecule has 0 spiro atoms. The monoisotopic (exact) mass is 304 g/mol. The van der Waals surface area contributed by atoms with Crippen LogP contribution in [0.15, 0.2) is 30.5 Å². The molecule has 1 aliphatic heterocycles. The number of piperidine rings is 1. The number of benzene rings is 1. The molecule has 2 aromatic rings. The van der Waals surface area contributed by atoms with Crippen molar-refractivity contribution in [1.29, 1.82) is 0 Å². The molecule has 1 aromatic carbocycles. The molecule has 2 heterocycles. The van der Waals surface area contributed by atoms with Gasteiger partial charge in [0, 0.05) is 36.8 Å². The fraction of sp³-hybridized carbons (Fsp3) is 0.529. The second kappa shape index (κ2) is 7.13. The molecule has 3 rings (SSSR count). The van der Waals surface area contributed by atoms with Crippen molar-refractivity contribution in [2.45, 2.75) is 18.9 Å². The summed E-state index contributed by atoms with van der Waals surface area (Å²) in [5, 5.41) is 20.5. The highest BCUT2D eigenvalue weighted by molar-refractivity contribution is 5.85. The third-order valence-electron chi connectivity index (χ3n) is 4.32. The molecule has 5 nitrogen and oxygen atoms in total. The van der Waals surface area contributed by atoms with E-state index in [1.54, 1.807) is 0 Å². The lowest BCUT2D eigenvalue weighted by atomic mass is 9.99. The zero-order chi connectivity index (χ0) is 15.4. The summed E-state index contributed by atoms with van der Waals surface area (Å²) in [5.74, 6) is 1.14. The molecule has 2 unspecified atom stereocenters. The van der Waals surface area contributed by atoms with Crippen molar-refractivity contribution in [3.05, 3.63) is 30.5 Å². The molecule has 0 aliphatic carbocycles. The maximum absolute atomic E-state index is 10.2. The summed E-state index contributed by atoms with van der Waals surface area (Å²) in [5.41, 5.74) is 1.04. The molecule has 1 aromatic heterocycles. The first-order valence-corrected chi connectivity index (χ1v) is 7.96. The number of rotatable bonds is 6. The van der Waals surface area contributed by atoms with Gasteiger partial charge in [-0.05, 0) is 43.5 Å². The van der Waals surface area contributed by atoms with Crippen molar-refractivity contribution in [2.24, 2.45) is 5.92 Å². The van der Waals surface area contributed by atoms with E-state index < -0.39 is 6.10 Å². The predicted molar refractivity (Wildman–Crippen MR) is 86.1 cm³/mol. The number of nitrogens with one attached hydrogen (secondary N) is 1. The zero-order valence-corrected chi connectivity index (χ0v) is 12.7. The van der Waals surface area contributed by atoms with E-state index in [1.807, 2.05) is 30.5 Å². The minimum Gasteiger partial charge on any atom is -0.490 e. The summed E-state index contributed by atoms with van der Waals surface area (Å²) >= 11 is 0. The predicted octanol–water partition coefficient (Wildman–Crippen LogP) is 1.61. The second-order valence-electron chi connectivity index (χ2n) is 6.11. The number of likely N-dealkylation sites (tertiary alicyclic amines) is 1. The first kappa shape index (κ1) is 15.3. The fourth-order valence-corrected chi connectivity index (χ4v) is 3.19. The van der Waals surface area contributed by atoms with E-state index in [9.17, 15) is 10.2 Å². The summed E-state index contributed by atoms with van der Waals surface area (Å²) in [6.45, 7) is 2.96. The Kier molecular flexibility index (Phi) is 4.97. The summed E-state index contributed by atoms with van der Waals surface area (Å²) in [7, 11) is 0. The molecule has 1 aliphatic rings. The third-order valence-corrected chi connectivity index (χ3v) is 4.32. The number of aliphatic hydroxyl groups is 2. The average Bonchev–Trinajstić information content (AvgIpc) is 3.02. The lowest BCUT2D eigenvalue weighted by molar-refractivity contribution is 0.0435. The highest BCUT2D eigenvalue weighted by Gasteiger charge is 2.21. The van der Waals surface area contributed by atoms with Crippen molar-refractivity contribution in [2.75, 3.05) is 32.8 Å². The molecular formula is C17H24N2O3. The van der Waals surface area contributed by atoms with Gasteiger partial charge in [-0.25, -0.2) is 0 Å². The Balaban J connectivity index is 1.52. The smallest absolute Gasteiger partial charge is 0.128 e. The van der Waals surface area contributed by atoms with Gasteiger partial charge in [-0.2, -0.15) is 0 Å². The minimum atomic E-state index is -0.522. The van der Waals surface area contributed by atoms with E-state index in [1.165, 1.54) is 0 Å². The quantitative estimate of drug-likeness (QED) is 0.758. The Labute approximate surface area is 130 Å². The van der Waals surface area contributed by atoms with Gasteiger partial charge in [0.2, 0.25) is 0 Å². The Morgan fingerprint density at radius 2 is 2.27 bits per heavy atom. The van der Waals surface area contributed by atoms with Crippen LogP contribution >= 0.6 is 0 Å². The van der Waals surface area contributed by atoms with Crippen LogP contribution in [0.1, 0.15) is 12.8 Å². The van der Waals surface area contributed by atoms with Crippen LogP contribution in [-0.4, -0.2) is 59.0 Å². The fourth-order valence-electron chi connectivity index (χ4n) is 3.19. The maximum atomic E-state index is 10.2. The minimum absolute atomic E-state index is 0.235. The molecule has 1 saturated heterocycles. The Morgan fingerprint density at radius 1 is 1.36 bits per heavy atom. The van der Waals surface area contributed by atoms with Crippen LogP contribution in [0.3, 0.4) is 0 Å². The number of β-amino-alcohol motifs (C(OH)–C–C–N with tert-alkyl or cyclic N) is 1. The maximum Gasteiger partial charge on any atom is 0.128 e. The van der Waals surface area contributed by atoms with Crippen LogP contribution in [0, 0.1) is 5.92 Å². The molecule has 0 bridgehead atoms. The van der Waals surface area contributed by atoms with Crippen LogP contribution in [0.4, 0.5) is 0 Å². The van der Waals surface area contributed by atoms with E-state index in [0.717, 1.165) is 42.6 Å². The number of hydrogen-bond acceptors (Lipinski definition) is 4. The SMILES string of the molecule is OCC1CCCN(CC(O)COc2cccc3[nH]ccc23)C1. The van der Waals surface area contributed by atoms with Gasteiger partial charge in [0.25, 0.3) is 0 Å². The van der Waals surface area contributed by atoms with Gasteiger partial charge < -0.3 is 24.8 Å². The number of nitrogens with zero attached hydrogens (tertiary/aromatic N) is 1. The van der Waals surface area contributed by atoms with E-state index in [4.69, 9.17) is 4.74 Å². The number of aromatic amines is 1. The van der Waals surface area contributed by atoms with Gasteiger partial charge >= 0.3 is 0 Å². The second-order valence-corrected chi connectivity index (χ2v) is 6.11. The molecule has 1 fully saturated rings. The molecule has 22 heavy (non-hydrogen) atoms. The van der Waals surface area contributed by atoms with Crippen molar-refractivity contribution < 1.29 is 14.9 Å². The van der Waals surface area contributed by atoms with Crippen LogP contribution < -0.4 is 4.74 Å². The highest BCUT2D eigenvalue weighted by Crippen LogP contribution is 2.24. The lowest BCUT2D eigenvalue weighted by Crippen LogP contribution is -2.42. The number of fused-ring (bicyclic) bond motifs is 1. The molecule has 5 heteroatoms. The average molecular weight is 304 g/mol. The largest absolute Gasteiger partial charge is 0.490 e. The van der Waals surface area contributed by atoms with Crippen molar-refractivity contribution in [1.82, 2.24) is 9.88 Å². The Morgan fingerprint density at radius 3 is 3.14 bits per heavy atom. The number of aliphatic hydroxyl groups excluding tert-OH is 2. The molecule has 0 amide bonds. The van der Waals surface area contributed by atoms with Crippen LogP contribution in [0.2, 0.25) is 0 Å². The topological polar surface area (TPSA) is 68.7 Å². The van der Waals surface area contributed by atoms with Crippen molar-refractivity contribution in [3.63, 3.8) is 0 Å². The zero-order valence-electron chi connectivity index (χ0n) is 12.7. The van der Waals surface area contributed by atoms with Gasteiger partial charge in [-0.3, -0.25) is 0 Å². The van der Waals surface area contributed by atoms with Gasteiger partial charge in [0.05, 0.1) is 0 Å². The first-order valence-electron chi connectivity index (χ1n) is 7.96. The first-order chi connectivity index (χ1) is 10.8. The van der Waals surface area contributed by atoms with Gasteiger partial charge in [-0.1, -0.05) is 6.07 Å². The Bertz CT molecular complexity index is 598. The standard InChI is InChI=1S/C17H24N2O3/c20-11-13-3-2-8-19(9-13)10-14(21)12-22-17-5-1-4-16-15(17)6-7-18-16/h1,4-7,13-14,18,20-21H,2-3,8-12H2. The van der Waals surface area contributed by atoms with Crippen LogP contribution in [-0.2, 0) is 0 Å². The summed E-state index contributed by atoms with van der Waals surface area (Å²) < 4.78 is 5.79. The number of aromatic nitrogens is 1. The lowest BCUT2D eigenvalue weighted by Gasteiger charge is -2.33. The summed E-state index contributed by atoms with van der Waals surface area (Å²) in [6.07, 6.45) is 3.53. The summed E-state index contributed by atoms with van der Waals surface area (Å²) in [6, 6.07) is 7.84. The third kappa shape index (κ3) is 3.61. The van der Waals surface area contributed by atoms with E-state index in [0.29, 0.717) is 12.5 Å². The van der Waals surface area contributed by atoms with Crippen molar-refractivity contribution >= 4 is 10.9 Å². The van der Waals surface area contributed by atoms with Gasteiger partial charge in [0.1, 0.15) is 18.5 Å². The van der Waals surface area contributed by atoms with E-state index in [-0.39, 0.29) is 13.2 Å². The molecule has 3 N–H and O–H groups in total. The van der Waals surface area contributed by atoms with E-state index >= 15 is 0 Å². The van der Waals surface area contributed by atoms with Crippen LogP contribution in [0.25, 0.3) is 10.9 Å². The van der Waals surface area contributed by atoms with E-state index in [2.05, 4.69) is 9.88 Å². The normalized spacial score (nSPS) is 21.1. The molecule has 120 valence electrons. The number of hydrogen-bond donors (Lipinski definition) is 3. The molecule has 2 atom stereocenters. The number of H-pyrrole nitrogens is 1. The number of ether oxygens (including phenoxy) is 1. The molecular weight excluding hydrogens is 280 g/mol. The molecule has 0 saturated carbocycles. The van der Waals surface area contributed by atoms with Gasteiger partial charge in [-0.15, -0.1) is 0 Å². The van der Waals surface area contributed by atoms with Crippen LogP contribution in [0.5, 0.6) is 5.75 Å². The molecule has 0 radical (unpaired) electrons. The Hall–Kier alpha value is -1.56. The summed E-state index contributed by atoms with van der Waals surface area (Å²) in [4.78, 5) is 5.37. The van der Waals surface area contributed by atoms with Crippen molar-refractivity contribution in [3.8, 4) is 5.75 Å². The highest BCUT2D eigenvalue weighted by atomic mass is 16.5. The van der Waals surface area contributed by atoms with Gasteiger partial charge in [0.15, 0.2) is 0 Å².